The molecule has 0 bridgehead atoms. The zero-order chi connectivity index (χ0) is 14.7. The molecule has 1 heterocycles. The number of ether oxygens (including phenoxy) is 1. The van der Waals surface area contributed by atoms with Crippen LogP contribution in [0.4, 0.5) is 0 Å². The van der Waals surface area contributed by atoms with E-state index < -0.39 is 0 Å². The van der Waals surface area contributed by atoms with Crippen LogP contribution in [-0.2, 0) is 13.1 Å². The predicted molar refractivity (Wildman–Crippen MR) is 90.1 cm³/mol. The fourth-order valence-corrected chi connectivity index (χ4v) is 3.29. The monoisotopic (exact) mass is 297 g/mol. The van der Waals surface area contributed by atoms with Crippen LogP contribution in [0.3, 0.4) is 0 Å². The highest BCUT2D eigenvalue weighted by atomic mass is 32.1. The van der Waals surface area contributed by atoms with Crippen molar-refractivity contribution in [2.75, 3.05) is 7.11 Å². The van der Waals surface area contributed by atoms with Crippen molar-refractivity contribution in [2.24, 2.45) is 0 Å². The standard InChI is InChI=1S/C18H19NOS/c1-13-7-8-21-18(13)12-19-11-14-3-4-16-10-17(20-2)6-5-15(16)9-14/h3-10,19H,11-12H2,1-2H3. The molecule has 0 amide bonds. The van der Waals surface area contributed by atoms with Gasteiger partial charge >= 0.3 is 0 Å². The summed E-state index contributed by atoms with van der Waals surface area (Å²) < 4.78 is 5.26. The second kappa shape index (κ2) is 6.29. The van der Waals surface area contributed by atoms with E-state index in [9.17, 15) is 0 Å². The molecule has 3 heteroatoms. The molecule has 0 saturated carbocycles. The zero-order valence-corrected chi connectivity index (χ0v) is 13.2. The summed E-state index contributed by atoms with van der Waals surface area (Å²) in [4.78, 5) is 1.42. The zero-order valence-electron chi connectivity index (χ0n) is 12.3. The van der Waals surface area contributed by atoms with Crippen LogP contribution in [0.15, 0.2) is 47.8 Å². The molecule has 2 aromatic carbocycles. The van der Waals surface area contributed by atoms with Crippen LogP contribution in [0.25, 0.3) is 10.8 Å². The number of methoxy groups -OCH3 is 1. The van der Waals surface area contributed by atoms with Crippen LogP contribution in [0.2, 0.25) is 0 Å². The first-order valence-electron chi connectivity index (χ1n) is 7.06. The van der Waals surface area contributed by atoms with Gasteiger partial charge in [0.05, 0.1) is 7.11 Å². The normalized spacial score (nSPS) is 11.0. The summed E-state index contributed by atoms with van der Waals surface area (Å²) >= 11 is 1.81. The molecule has 3 aromatic rings. The first kappa shape index (κ1) is 14.1. The molecule has 0 atom stereocenters. The van der Waals surface area contributed by atoms with Gasteiger partial charge in [0.2, 0.25) is 0 Å². The van der Waals surface area contributed by atoms with Gasteiger partial charge in [-0.15, -0.1) is 11.3 Å². The average Bonchev–Trinajstić information content (AvgIpc) is 2.92. The number of aryl methyl sites for hydroxylation is 1. The molecule has 0 aliphatic rings. The molecule has 1 aromatic heterocycles. The number of nitrogens with one attached hydrogen (secondary N) is 1. The second-order valence-electron chi connectivity index (χ2n) is 5.18. The Kier molecular flexibility index (Phi) is 4.23. The predicted octanol–water partition coefficient (Wildman–Crippen LogP) is 4.51. The maximum absolute atomic E-state index is 5.26. The van der Waals surface area contributed by atoms with Crippen molar-refractivity contribution < 1.29 is 4.74 Å². The first-order chi connectivity index (χ1) is 10.3. The van der Waals surface area contributed by atoms with Crippen molar-refractivity contribution in [2.45, 2.75) is 20.0 Å². The molecule has 108 valence electrons. The summed E-state index contributed by atoms with van der Waals surface area (Å²) in [6.45, 7) is 3.99. The molecule has 1 N–H and O–H groups in total. The molecule has 0 spiro atoms. The van der Waals surface area contributed by atoms with E-state index >= 15 is 0 Å². The third-order valence-corrected chi connectivity index (χ3v) is 4.72. The van der Waals surface area contributed by atoms with Gasteiger partial charge < -0.3 is 10.1 Å². The highest BCUT2D eigenvalue weighted by Crippen LogP contribution is 2.22. The number of hydrogen-bond donors (Lipinski definition) is 1. The van der Waals surface area contributed by atoms with E-state index in [2.05, 4.69) is 54.0 Å². The van der Waals surface area contributed by atoms with Crippen LogP contribution in [0.1, 0.15) is 16.0 Å². The summed E-state index contributed by atoms with van der Waals surface area (Å²) in [5.41, 5.74) is 2.68. The van der Waals surface area contributed by atoms with Crippen LogP contribution < -0.4 is 10.1 Å². The van der Waals surface area contributed by atoms with Gasteiger partial charge in [-0.05, 0) is 58.5 Å². The van der Waals surface area contributed by atoms with Gasteiger partial charge in [-0.2, -0.15) is 0 Å². The maximum atomic E-state index is 5.26. The van der Waals surface area contributed by atoms with Crippen molar-refractivity contribution in [1.82, 2.24) is 5.32 Å². The van der Waals surface area contributed by atoms with E-state index in [0.29, 0.717) is 0 Å². The van der Waals surface area contributed by atoms with Gasteiger partial charge in [0.15, 0.2) is 0 Å². The molecule has 2 nitrogen and oxygen atoms in total. The second-order valence-corrected chi connectivity index (χ2v) is 6.18. The molecule has 3 rings (SSSR count). The van der Waals surface area contributed by atoms with E-state index in [1.165, 1.54) is 26.8 Å². The molecule has 0 fully saturated rings. The minimum Gasteiger partial charge on any atom is -0.497 e. The van der Waals surface area contributed by atoms with Crippen molar-refractivity contribution in [3.63, 3.8) is 0 Å². The summed E-state index contributed by atoms with van der Waals surface area (Å²) in [5.74, 6) is 0.904. The van der Waals surface area contributed by atoms with E-state index in [1.807, 2.05) is 17.4 Å². The molecule has 0 saturated heterocycles. The SMILES string of the molecule is COc1ccc2cc(CNCc3sccc3C)ccc2c1. The molecule has 21 heavy (non-hydrogen) atoms. The van der Waals surface area contributed by atoms with Crippen molar-refractivity contribution in [3.8, 4) is 5.75 Å². The van der Waals surface area contributed by atoms with Gasteiger partial charge in [0.25, 0.3) is 0 Å². The van der Waals surface area contributed by atoms with Crippen LogP contribution in [-0.4, -0.2) is 7.11 Å². The van der Waals surface area contributed by atoms with E-state index in [4.69, 9.17) is 4.74 Å². The lowest BCUT2D eigenvalue weighted by Gasteiger charge is -2.07. The molecule has 0 aliphatic carbocycles. The number of hydrogen-bond acceptors (Lipinski definition) is 3. The van der Waals surface area contributed by atoms with E-state index in [1.54, 1.807) is 7.11 Å². The van der Waals surface area contributed by atoms with Crippen molar-refractivity contribution in [1.29, 1.82) is 0 Å². The smallest absolute Gasteiger partial charge is 0.119 e. The summed E-state index contributed by atoms with van der Waals surface area (Å²) in [6, 6.07) is 14.9. The third-order valence-electron chi connectivity index (χ3n) is 3.69. The third kappa shape index (κ3) is 3.26. The number of thiophene rings is 1. The highest BCUT2D eigenvalue weighted by molar-refractivity contribution is 7.10. The molecule has 0 unspecified atom stereocenters. The Morgan fingerprint density at radius 2 is 1.81 bits per heavy atom. The summed E-state index contributed by atoms with van der Waals surface area (Å²) in [6.07, 6.45) is 0. The Morgan fingerprint density at radius 3 is 2.57 bits per heavy atom. The highest BCUT2D eigenvalue weighted by Gasteiger charge is 2.01. The van der Waals surface area contributed by atoms with Gasteiger partial charge in [0.1, 0.15) is 5.75 Å². The van der Waals surface area contributed by atoms with Gasteiger partial charge in [-0.25, -0.2) is 0 Å². The van der Waals surface area contributed by atoms with Gasteiger partial charge in [-0.1, -0.05) is 18.2 Å². The Morgan fingerprint density at radius 1 is 1.00 bits per heavy atom. The Labute approximate surface area is 129 Å². The van der Waals surface area contributed by atoms with Crippen LogP contribution in [0.5, 0.6) is 5.75 Å². The minimum absolute atomic E-state index is 0.888. The number of fused-ring (bicyclic) bond motifs is 1. The van der Waals surface area contributed by atoms with Gasteiger partial charge in [-0.3, -0.25) is 0 Å². The largest absolute Gasteiger partial charge is 0.497 e. The molecule has 0 aliphatic heterocycles. The van der Waals surface area contributed by atoms with Crippen LogP contribution in [0, 0.1) is 6.92 Å². The topological polar surface area (TPSA) is 21.3 Å². The Bertz CT molecular complexity index is 748. The van der Waals surface area contributed by atoms with Crippen LogP contribution >= 0.6 is 11.3 Å². The Hall–Kier alpha value is -1.84. The average molecular weight is 297 g/mol. The first-order valence-corrected chi connectivity index (χ1v) is 7.94. The van der Waals surface area contributed by atoms with E-state index in [0.717, 1.165) is 18.8 Å². The number of rotatable bonds is 5. The lowest BCUT2D eigenvalue weighted by Crippen LogP contribution is -2.12. The number of benzene rings is 2. The lowest BCUT2D eigenvalue weighted by molar-refractivity contribution is 0.415. The fraction of sp³-hybridized carbons (Fsp3) is 0.222. The van der Waals surface area contributed by atoms with Crippen molar-refractivity contribution >= 4 is 22.1 Å². The lowest BCUT2D eigenvalue weighted by atomic mass is 10.1. The van der Waals surface area contributed by atoms with Gasteiger partial charge in [0, 0.05) is 18.0 Å². The molecule has 0 radical (unpaired) electrons. The van der Waals surface area contributed by atoms with Crippen molar-refractivity contribution in [3.05, 3.63) is 63.8 Å². The molecular weight excluding hydrogens is 278 g/mol. The fourth-order valence-electron chi connectivity index (χ4n) is 2.42. The quantitative estimate of drug-likeness (QED) is 0.748. The molecular formula is C18H19NOS. The minimum atomic E-state index is 0.888. The van der Waals surface area contributed by atoms with E-state index in [-0.39, 0.29) is 0 Å². The summed E-state index contributed by atoms with van der Waals surface area (Å²) in [5, 5.41) is 8.13. The summed E-state index contributed by atoms with van der Waals surface area (Å²) in [7, 11) is 1.70. The maximum Gasteiger partial charge on any atom is 0.119 e. The Balaban J connectivity index is 1.68.